The van der Waals surface area contributed by atoms with Crippen LogP contribution in [0.15, 0.2) is 41.9 Å². The van der Waals surface area contributed by atoms with E-state index in [9.17, 15) is 4.79 Å². The fourth-order valence-corrected chi connectivity index (χ4v) is 4.33. The molecule has 0 atom stereocenters. The normalized spacial score (nSPS) is 11.2. The third-order valence-corrected chi connectivity index (χ3v) is 5.63. The first-order valence-electron chi connectivity index (χ1n) is 9.29. The molecule has 0 spiro atoms. The summed E-state index contributed by atoms with van der Waals surface area (Å²) >= 11 is 1.57. The van der Waals surface area contributed by atoms with Gasteiger partial charge in [-0.1, -0.05) is 18.2 Å². The van der Waals surface area contributed by atoms with E-state index in [1.165, 1.54) is 0 Å². The number of rotatable bonds is 6. The summed E-state index contributed by atoms with van der Waals surface area (Å²) in [5, 5.41) is 11.5. The fraction of sp³-hybridized carbons (Fsp3) is 0.286. The van der Waals surface area contributed by atoms with Crippen LogP contribution in [-0.4, -0.2) is 31.8 Å². The number of hydrogen-bond acceptors (Lipinski definition) is 4. The minimum absolute atomic E-state index is 0.0327. The molecule has 1 amide bonds. The van der Waals surface area contributed by atoms with Gasteiger partial charge in [-0.25, -0.2) is 9.67 Å². The van der Waals surface area contributed by atoms with Crippen molar-refractivity contribution in [2.24, 2.45) is 7.05 Å². The minimum Gasteiger partial charge on any atom is -0.355 e. The number of amides is 1. The van der Waals surface area contributed by atoms with Gasteiger partial charge >= 0.3 is 0 Å². The van der Waals surface area contributed by atoms with E-state index in [0.29, 0.717) is 19.4 Å². The van der Waals surface area contributed by atoms with Gasteiger partial charge in [-0.2, -0.15) is 5.10 Å². The lowest BCUT2D eigenvalue weighted by Gasteiger charge is -2.03. The quantitative estimate of drug-likeness (QED) is 0.546. The van der Waals surface area contributed by atoms with Crippen molar-refractivity contribution in [1.29, 1.82) is 0 Å². The van der Waals surface area contributed by atoms with Crippen LogP contribution < -0.4 is 5.32 Å². The highest BCUT2D eigenvalue weighted by Crippen LogP contribution is 2.21. The van der Waals surface area contributed by atoms with Crippen molar-refractivity contribution in [3.8, 4) is 5.13 Å². The second kappa shape index (κ2) is 7.59. The molecule has 28 heavy (non-hydrogen) atoms. The van der Waals surface area contributed by atoms with Crippen molar-refractivity contribution in [3.63, 3.8) is 0 Å². The molecular weight excluding hydrogens is 370 g/mol. The molecule has 0 radical (unpaired) electrons. The van der Waals surface area contributed by atoms with E-state index in [0.717, 1.165) is 38.7 Å². The number of fused-ring (bicyclic) bond motifs is 1. The average molecular weight is 394 g/mol. The van der Waals surface area contributed by atoms with Crippen molar-refractivity contribution in [1.82, 2.24) is 24.6 Å². The summed E-state index contributed by atoms with van der Waals surface area (Å²) in [6.07, 6.45) is 3.12. The molecule has 3 aromatic heterocycles. The van der Waals surface area contributed by atoms with E-state index in [1.54, 1.807) is 11.3 Å². The highest BCUT2D eigenvalue weighted by atomic mass is 32.1. The zero-order valence-corrected chi connectivity index (χ0v) is 17.1. The van der Waals surface area contributed by atoms with E-state index in [-0.39, 0.29) is 5.91 Å². The van der Waals surface area contributed by atoms with E-state index in [1.807, 2.05) is 55.4 Å². The lowest BCUT2D eigenvalue weighted by Crippen LogP contribution is -2.27. The second-order valence-corrected chi connectivity index (χ2v) is 7.86. The molecule has 1 aromatic carbocycles. The average Bonchev–Trinajstić information content (AvgIpc) is 3.34. The molecule has 0 aliphatic heterocycles. The maximum absolute atomic E-state index is 12.4. The van der Waals surface area contributed by atoms with E-state index in [4.69, 9.17) is 0 Å². The third-order valence-electron chi connectivity index (χ3n) is 4.76. The molecular formula is C21H23N5OS. The molecule has 7 heteroatoms. The molecule has 6 nitrogen and oxygen atoms in total. The zero-order chi connectivity index (χ0) is 19.7. The number of nitrogens with zero attached hydrogens (tertiary/aromatic N) is 4. The molecule has 0 unspecified atom stereocenters. The molecule has 1 N–H and O–H groups in total. The lowest BCUT2D eigenvalue weighted by molar-refractivity contribution is -0.120. The molecule has 0 aliphatic rings. The smallest absolute Gasteiger partial charge is 0.224 e. The van der Waals surface area contributed by atoms with Crippen LogP contribution in [0.1, 0.15) is 22.6 Å². The number of para-hydroxylation sites is 1. The standard InChI is InChI=1S/C21H23N5OS/c1-14-10-15(2)26(24-14)21-23-17(13-28-21)8-9-22-20(27)11-16-12-25(3)19-7-5-4-6-18(16)19/h4-7,10,12-13H,8-9,11H2,1-3H3,(H,22,27). The molecule has 0 saturated heterocycles. The maximum atomic E-state index is 12.4. The van der Waals surface area contributed by atoms with Gasteiger partial charge in [0, 0.05) is 48.2 Å². The molecule has 144 valence electrons. The van der Waals surface area contributed by atoms with Gasteiger partial charge in [0.05, 0.1) is 17.8 Å². The van der Waals surface area contributed by atoms with E-state index in [2.05, 4.69) is 32.1 Å². The van der Waals surface area contributed by atoms with Gasteiger partial charge in [-0.15, -0.1) is 11.3 Å². The summed E-state index contributed by atoms with van der Waals surface area (Å²) < 4.78 is 3.93. The Balaban J connectivity index is 1.34. The topological polar surface area (TPSA) is 64.7 Å². The Labute approximate surface area is 167 Å². The van der Waals surface area contributed by atoms with Crippen LogP contribution in [-0.2, 0) is 24.7 Å². The number of carbonyl (C=O) groups is 1. The molecule has 0 saturated carbocycles. The predicted molar refractivity (Wildman–Crippen MR) is 112 cm³/mol. The molecule has 0 fully saturated rings. The van der Waals surface area contributed by atoms with Crippen LogP contribution >= 0.6 is 11.3 Å². The van der Waals surface area contributed by atoms with Crippen LogP contribution in [0.2, 0.25) is 0 Å². The number of aromatic nitrogens is 4. The van der Waals surface area contributed by atoms with E-state index >= 15 is 0 Å². The van der Waals surface area contributed by atoms with Crippen LogP contribution in [0.5, 0.6) is 0 Å². The van der Waals surface area contributed by atoms with Crippen LogP contribution in [0.4, 0.5) is 0 Å². The second-order valence-electron chi connectivity index (χ2n) is 7.02. The zero-order valence-electron chi connectivity index (χ0n) is 16.3. The van der Waals surface area contributed by atoms with Crippen LogP contribution in [0.25, 0.3) is 16.0 Å². The van der Waals surface area contributed by atoms with Gasteiger partial charge < -0.3 is 9.88 Å². The number of hydrogen-bond donors (Lipinski definition) is 1. The molecule has 4 rings (SSSR count). The fourth-order valence-electron chi connectivity index (χ4n) is 3.46. The van der Waals surface area contributed by atoms with Gasteiger partial charge in [-0.05, 0) is 31.5 Å². The Hall–Kier alpha value is -2.93. The van der Waals surface area contributed by atoms with Crippen molar-refractivity contribution in [2.45, 2.75) is 26.7 Å². The highest BCUT2D eigenvalue weighted by Gasteiger charge is 2.11. The summed E-state index contributed by atoms with van der Waals surface area (Å²) in [5.74, 6) is 0.0327. The first-order chi connectivity index (χ1) is 13.5. The van der Waals surface area contributed by atoms with Crippen molar-refractivity contribution in [2.75, 3.05) is 6.54 Å². The van der Waals surface area contributed by atoms with Gasteiger partial charge in [0.15, 0.2) is 0 Å². The minimum atomic E-state index is 0.0327. The summed E-state index contributed by atoms with van der Waals surface area (Å²) in [6, 6.07) is 10.2. The third kappa shape index (κ3) is 3.71. The number of thiazole rings is 1. The Morgan fingerprint density at radius 3 is 2.86 bits per heavy atom. The lowest BCUT2D eigenvalue weighted by atomic mass is 10.1. The molecule has 4 aromatic rings. The number of carbonyl (C=O) groups excluding carboxylic acids is 1. The first-order valence-corrected chi connectivity index (χ1v) is 10.2. The maximum Gasteiger partial charge on any atom is 0.224 e. The van der Waals surface area contributed by atoms with Gasteiger partial charge in [-0.3, -0.25) is 4.79 Å². The predicted octanol–water partition coefficient (Wildman–Crippen LogP) is 3.34. The number of aryl methyl sites for hydroxylation is 3. The van der Waals surface area contributed by atoms with E-state index < -0.39 is 0 Å². The van der Waals surface area contributed by atoms with Gasteiger partial charge in [0.2, 0.25) is 11.0 Å². The van der Waals surface area contributed by atoms with Crippen LogP contribution in [0.3, 0.4) is 0 Å². The molecule has 0 aliphatic carbocycles. The summed E-state index contributed by atoms with van der Waals surface area (Å²) in [7, 11) is 2.01. The Kier molecular flexibility index (Phi) is 5.00. The summed E-state index contributed by atoms with van der Waals surface area (Å²) in [5.41, 5.74) is 5.22. The largest absolute Gasteiger partial charge is 0.355 e. The monoisotopic (exact) mass is 393 g/mol. The van der Waals surface area contributed by atoms with Crippen molar-refractivity contribution >= 4 is 28.1 Å². The Bertz CT molecular complexity index is 1140. The number of nitrogens with one attached hydrogen (secondary N) is 1. The highest BCUT2D eigenvalue weighted by molar-refractivity contribution is 7.12. The number of benzene rings is 1. The summed E-state index contributed by atoms with van der Waals surface area (Å²) in [4.78, 5) is 17.0. The Morgan fingerprint density at radius 2 is 2.07 bits per heavy atom. The van der Waals surface area contributed by atoms with Crippen molar-refractivity contribution in [3.05, 3.63) is 64.6 Å². The molecule has 0 bridgehead atoms. The first kappa shape index (κ1) is 18.4. The molecule has 3 heterocycles. The van der Waals surface area contributed by atoms with Gasteiger partial charge in [0.25, 0.3) is 0 Å². The Morgan fingerprint density at radius 1 is 1.25 bits per heavy atom. The van der Waals surface area contributed by atoms with Crippen LogP contribution in [0, 0.1) is 13.8 Å². The van der Waals surface area contributed by atoms with Gasteiger partial charge in [0.1, 0.15) is 0 Å². The van der Waals surface area contributed by atoms with Crippen molar-refractivity contribution < 1.29 is 4.79 Å². The summed E-state index contributed by atoms with van der Waals surface area (Å²) in [6.45, 7) is 4.57. The SMILES string of the molecule is Cc1cc(C)n(-c2nc(CCNC(=O)Cc3cn(C)c4ccccc34)cs2)n1.